The van der Waals surface area contributed by atoms with Crippen LogP contribution in [0.3, 0.4) is 0 Å². The van der Waals surface area contributed by atoms with Crippen molar-refractivity contribution in [2.45, 2.75) is 70.5 Å². The van der Waals surface area contributed by atoms with Crippen LogP contribution >= 0.6 is 0 Å². The van der Waals surface area contributed by atoms with Crippen LogP contribution in [0.25, 0.3) is 0 Å². The van der Waals surface area contributed by atoms with E-state index in [1.165, 1.54) is 44.1 Å². The fourth-order valence-electron chi connectivity index (χ4n) is 2.76. The summed E-state index contributed by atoms with van der Waals surface area (Å²) in [7, 11) is 0. The first-order valence-electron chi connectivity index (χ1n) is 6.63. The summed E-state index contributed by atoms with van der Waals surface area (Å²) in [4.78, 5) is 0. The van der Waals surface area contributed by atoms with Gasteiger partial charge in [0.25, 0.3) is 0 Å². The van der Waals surface area contributed by atoms with Crippen molar-refractivity contribution >= 4 is 0 Å². The van der Waals surface area contributed by atoms with E-state index >= 15 is 0 Å². The Bertz CT molecular complexity index is 315. The van der Waals surface area contributed by atoms with Crippen molar-refractivity contribution in [1.29, 1.82) is 0 Å². The average Bonchev–Trinajstić information content (AvgIpc) is 2.79. The van der Waals surface area contributed by atoms with E-state index in [-0.39, 0.29) is 11.2 Å². The van der Waals surface area contributed by atoms with Crippen molar-refractivity contribution in [1.82, 2.24) is 0 Å². The first-order valence-corrected chi connectivity index (χ1v) is 6.63. The van der Waals surface area contributed by atoms with Crippen molar-refractivity contribution in [3.05, 3.63) is 23.8 Å². The number of ether oxygens (including phenoxy) is 1. The Morgan fingerprint density at radius 1 is 1.12 bits per heavy atom. The van der Waals surface area contributed by atoms with Gasteiger partial charge in [0.05, 0.1) is 5.60 Å². The highest BCUT2D eigenvalue weighted by molar-refractivity contribution is 5.32. The molecule has 0 aromatic heterocycles. The predicted octanol–water partition coefficient (Wildman–Crippen LogP) is 4.39. The molecule has 1 heteroatoms. The number of hydrogen-bond acceptors (Lipinski definition) is 1. The van der Waals surface area contributed by atoms with Crippen molar-refractivity contribution in [2.75, 3.05) is 0 Å². The van der Waals surface area contributed by atoms with Crippen molar-refractivity contribution < 1.29 is 4.74 Å². The summed E-state index contributed by atoms with van der Waals surface area (Å²) in [5.41, 5.74) is 1.46. The van der Waals surface area contributed by atoms with Gasteiger partial charge in [0.15, 0.2) is 0 Å². The van der Waals surface area contributed by atoms with E-state index in [4.69, 9.17) is 4.74 Å². The molecule has 0 amide bonds. The highest BCUT2D eigenvalue weighted by Gasteiger charge is 2.63. The lowest BCUT2D eigenvalue weighted by molar-refractivity contribution is 0.277. The third-order valence-electron chi connectivity index (χ3n) is 4.41. The standard InChI is InChI=1S/C15H24O/c1-13-11-9-7-5-4-6-8-10-12-14(2)15(13,3)16-14/h7,9,11H,4-6,8,10,12H2,1-3H3/b9-7-,13-11+. The number of allylic oxidation sites excluding steroid dienone is 3. The Labute approximate surface area is 99.6 Å². The molecule has 2 aliphatic rings. The second-order valence-corrected chi connectivity index (χ2v) is 5.60. The lowest BCUT2D eigenvalue weighted by Gasteiger charge is -2.13. The molecule has 0 aromatic rings. The zero-order chi connectivity index (χ0) is 11.6. The smallest absolute Gasteiger partial charge is 0.116 e. The van der Waals surface area contributed by atoms with Crippen LogP contribution in [0.15, 0.2) is 23.8 Å². The second kappa shape index (κ2) is 4.37. The summed E-state index contributed by atoms with van der Waals surface area (Å²) in [5.74, 6) is 0. The van der Waals surface area contributed by atoms with Crippen LogP contribution < -0.4 is 0 Å². The molecule has 1 aliphatic heterocycles. The Kier molecular flexibility index (Phi) is 3.25. The fourth-order valence-corrected chi connectivity index (χ4v) is 2.76. The molecule has 2 unspecified atom stereocenters. The summed E-state index contributed by atoms with van der Waals surface area (Å²) in [6, 6.07) is 0. The van der Waals surface area contributed by atoms with E-state index in [2.05, 4.69) is 39.0 Å². The Hall–Kier alpha value is -0.560. The van der Waals surface area contributed by atoms with E-state index in [1.54, 1.807) is 0 Å². The van der Waals surface area contributed by atoms with Crippen LogP contribution in [0.2, 0.25) is 0 Å². The zero-order valence-electron chi connectivity index (χ0n) is 10.9. The maximum absolute atomic E-state index is 6.02. The molecule has 16 heavy (non-hydrogen) atoms. The van der Waals surface area contributed by atoms with Crippen LogP contribution in [-0.4, -0.2) is 11.2 Å². The summed E-state index contributed by atoms with van der Waals surface area (Å²) in [6.45, 7) is 6.69. The molecule has 2 atom stereocenters. The first-order chi connectivity index (χ1) is 7.58. The molecule has 0 spiro atoms. The molecule has 1 saturated heterocycles. The molecular weight excluding hydrogens is 196 g/mol. The maximum atomic E-state index is 6.02. The van der Waals surface area contributed by atoms with Gasteiger partial charge in [0.2, 0.25) is 0 Å². The zero-order valence-corrected chi connectivity index (χ0v) is 10.9. The summed E-state index contributed by atoms with van der Waals surface area (Å²) >= 11 is 0. The summed E-state index contributed by atoms with van der Waals surface area (Å²) < 4.78 is 6.02. The number of hydrogen-bond donors (Lipinski definition) is 0. The van der Waals surface area contributed by atoms with Crippen LogP contribution in [-0.2, 0) is 4.74 Å². The van der Waals surface area contributed by atoms with Crippen LogP contribution in [0, 0.1) is 0 Å². The summed E-state index contributed by atoms with van der Waals surface area (Å²) in [6.07, 6.45) is 14.5. The largest absolute Gasteiger partial charge is 0.358 e. The van der Waals surface area contributed by atoms with E-state index in [0.717, 1.165) is 0 Å². The molecule has 1 nitrogen and oxygen atoms in total. The van der Waals surface area contributed by atoms with Crippen molar-refractivity contribution in [3.63, 3.8) is 0 Å². The molecule has 1 fully saturated rings. The molecule has 0 bridgehead atoms. The Morgan fingerprint density at radius 3 is 2.69 bits per heavy atom. The van der Waals surface area contributed by atoms with Crippen LogP contribution in [0.1, 0.15) is 59.3 Å². The lowest BCUT2D eigenvalue weighted by atomic mass is 9.85. The van der Waals surface area contributed by atoms with Gasteiger partial charge in [0, 0.05) is 0 Å². The highest BCUT2D eigenvalue weighted by Crippen LogP contribution is 2.55. The molecule has 90 valence electrons. The summed E-state index contributed by atoms with van der Waals surface area (Å²) in [5, 5.41) is 0. The molecular formula is C15H24O. The maximum Gasteiger partial charge on any atom is 0.116 e. The Balaban J connectivity index is 2.12. The predicted molar refractivity (Wildman–Crippen MR) is 68.5 cm³/mol. The van der Waals surface area contributed by atoms with E-state index in [0.29, 0.717) is 0 Å². The van der Waals surface area contributed by atoms with Crippen molar-refractivity contribution in [3.8, 4) is 0 Å². The van der Waals surface area contributed by atoms with Crippen LogP contribution in [0.4, 0.5) is 0 Å². The highest BCUT2D eigenvalue weighted by atomic mass is 16.6. The second-order valence-electron chi connectivity index (χ2n) is 5.60. The monoisotopic (exact) mass is 220 g/mol. The average molecular weight is 220 g/mol. The van der Waals surface area contributed by atoms with Gasteiger partial charge in [-0.25, -0.2) is 0 Å². The van der Waals surface area contributed by atoms with E-state index in [9.17, 15) is 0 Å². The minimum Gasteiger partial charge on any atom is -0.358 e. The van der Waals surface area contributed by atoms with Crippen molar-refractivity contribution in [2.24, 2.45) is 0 Å². The fraction of sp³-hybridized carbons (Fsp3) is 0.733. The van der Waals surface area contributed by atoms with Gasteiger partial charge >= 0.3 is 0 Å². The van der Waals surface area contributed by atoms with Gasteiger partial charge in [-0.15, -0.1) is 0 Å². The minimum absolute atomic E-state index is 0.00344. The normalized spacial score (nSPS) is 45.6. The molecule has 0 N–H and O–H groups in total. The molecule has 0 aromatic carbocycles. The number of rotatable bonds is 0. The third kappa shape index (κ3) is 2.10. The number of fused-ring (bicyclic) bond motifs is 1. The molecule has 1 heterocycles. The third-order valence-corrected chi connectivity index (χ3v) is 4.41. The van der Waals surface area contributed by atoms with E-state index in [1.807, 2.05) is 0 Å². The number of epoxide rings is 1. The van der Waals surface area contributed by atoms with Gasteiger partial charge in [-0.2, -0.15) is 0 Å². The first kappa shape index (κ1) is 11.9. The molecule has 0 saturated carbocycles. The van der Waals surface area contributed by atoms with Gasteiger partial charge in [-0.05, 0) is 45.6 Å². The van der Waals surface area contributed by atoms with Gasteiger partial charge in [-0.3, -0.25) is 0 Å². The molecule has 0 radical (unpaired) electrons. The minimum atomic E-state index is -0.00344. The topological polar surface area (TPSA) is 12.5 Å². The van der Waals surface area contributed by atoms with Gasteiger partial charge in [-0.1, -0.05) is 37.5 Å². The van der Waals surface area contributed by atoms with Gasteiger partial charge in [0.1, 0.15) is 5.60 Å². The molecule has 1 aliphatic carbocycles. The molecule has 2 rings (SSSR count). The van der Waals surface area contributed by atoms with E-state index < -0.39 is 0 Å². The Morgan fingerprint density at radius 2 is 1.88 bits per heavy atom. The van der Waals surface area contributed by atoms with Crippen LogP contribution in [0.5, 0.6) is 0 Å². The SMILES string of the molecule is C/C1=C\C=C/CCCCCCC2(C)OC12C. The van der Waals surface area contributed by atoms with Gasteiger partial charge < -0.3 is 4.74 Å². The lowest BCUT2D eigenvalue weighted by Crippen LogP contribution is -2.21. The quantitative estimate of drug-likeness (QED) is 0.551.